The van der Waals surface area contributed by atoms with Crippen LogP contribution in [0.15, 0.2) is 41.6 Å². The number of anilines is 2. The van der Waals surface area contributed by atoms with Gasteiger partial charge < -0.3 is 5.32 Å². The van der Waals surface area contributed by atoms with Gasteiger partial charge in [-0.1, -0.05) is 18.2 Å². The number of nitrogens with one attached hydrogen (secondary N) is 1. The van der Waals surface area contributed by atoms with Crippen molar-refractivity contribution in [3.63, 3.8) is 0 Å². The maximum absolute atomic E-state index is 12.6. The molecule has 0 fully saturated rings. The number of fused-ring (bicyclic) bond motifs is 1. The molecule has 0 bridgehead atoms. The van der Waals surface area contributed by atoms with Crippen molar-refractivity contribution in [2.45, 2.75) is 11.3 Å². The van der Waals surface area contributed by atoms with E-state index in [1.165, 1.54) is 16.7 Å². The van der Waals surface area contributed by atoms with E-state index in [2.05, 4.69) is 15.3 Å². The largest absolute Gasteiger partial charge is 0.357 e. The van der Waals surface area contributed by atoms with Gasteiger partial charge in [0.05, 0.1) is 18.1 Å². The Balaban J connectivity index is 2.00. The van der Waals surface area contributed by atoms with E-state index >= 15 is 0 Å². The molecule has 0 saturated heterocycles. The molecule has 0 radical (unpaired) electrons. The van der Waals surface area contributed by atoms with Crippen LogP contribution in [0.2, 0.25) is 0 Å². The summed E-state index contributed by atoms with van der Waals surface area (Å²) in [6.07, 6.45) is 3.38. The topological polar surface area (TPSA) is 75.2 Å². The summed E-state index contributed by atoms with van der Waals surface area (Å²) in [7, 11) is -1.92. The van der Waals surface area contributed by atoms with Gasteiger partial charge in [-0.3, -0.25) is 4.31 Å². The van der Waals surface area contributed by atoms with Gasteiger partial charge in [0.25, 0.3) is 10.0 Å². The highest BCUT2D eigenvalue weighted by Gasteiger charge is 2.30. The molecule has 2 heterocycles. The Morgan fingerprint density at radius 2 is 1.90 bits per heavy atom. The molecular weight excluding hydrogens is 276 g/mol. The first-order valence-electron chi connectivity index (χ1n) is 6.23. The zero-order valence-electron chi connectivity index (χ0n) is 10.9. The summed E-state index contributed by atoms with van der Waals surface area (Å²) in [6, 6.07) is 7.53. The molecule has 2 aromatic rings. The number of rotatable bonds is 3. The SMILES string of the molecule is CNc1ncc(S(=O)(=O)N2CCc3ccccc32)cn1. The lowest BCUT2D eigenvalue weighted by atomic mass is 10.2. The van der Waals surface area contributed by atoms with Crippen molar-refractivity contribution in [3.8, 4) is 0 Å². The highest BCUT2D eigenvalue weighted by atomic mass is 32.2. The predicted molar refractivity (Wildman–Crippen MR) is 76.3 cm³/mol. The van der Waals surface area contributed by atoms with E-state index in [-0.39, 0.29) is 4.90 Å². The monoisotopic (exact) mass is 290 g/mol. The first-order valence-corrected chi connectivity index (χ1v) is 7.67. The Labute approximate surface area is 117 Å². The second-order valence-corrected chi connectivity index (χ2v) is 6.31. The summed E-state index contributed by atoms with van der Waals surface area (Å²) < 4.78 is 26.7. The predicted octanol–water partition coefficient (Wildman–Crippen LogP) is 1.27. The average molecular weight is 290 g/mol. The highest BCUT2D eigenvalue weighted by molar-refractivity contribution is 7.92. The summed E-state index contributed by atoms with van der Waals surface area (Å²) in [5, 5.41) is 2.76. The average Bonchev–Trinajstić information content (AvgIpc) is 2.92. The zero-order valence-corrected chi connectivity index (χ0v) is 11.8. The minimum Gasteiger partial charge on any atom is -0.357 e. The molecular formula is C13H14N4O2S. The third-order valence-corrected chi connectivity index (χ3v) is 5.05. The van der Waals surface area contributed by atoms with Crippen molar-refractivity contribution in [2.24, 2.45) is 0 Å². The summed E-state index contributed by atoms with van der Waals surface area (Å²) in [5.74, 6) is 0.394. The van der Waals surface area contributed by atoms with Crippen LogP contribution in [0.25, 0.3) is 0 Å². The minimum absolute atomic E-state index is 0.105. The minimum atomic E-state index is -3.60. The Morgan fingerprint density at radius 1 is 1.20 bits per heavy atom. The summed E-state index contributed by atoms with van der Waals surface area (Å²) >= 11 is 0. The second-order valence-electron chi connectivity index (χ2n) is 4.45. The van der Waals surface area contributed by atoms with Crippen LogP contribution in [0.5, 0.6) is 0 Å². The van der Waals surface area contributed by atoms with Gasteiger partial charge in [-0.15, -0.1) is 0 Å². The van der Waals surface area contributed by atoms with E-state index in [0.29, 0.717) is 12.5 Å². The van der Waals surface area contributed by atoms with Crippen LogP contribution < -0.4 is 9.62 Å². The summed E-state index contributed by atoms with van der Waals surface area (Å²) in [4.78, 5) is 8.03. The van der Waals surface area contributed by atoms with Crippen LogP contribution >= 0.6 is 0 Å². The molecule has 104 valence electrons. The number of sulfonamides is 1. The third-order valence-electron chi connectivity index (χ3n) is 3.28. The smallest absolute Gasteiger partial charge is 0.267 e. The fourth-order valence-electron chi connectivity index (χ4n) is 2.26. The molecule has 7 heteroatoms. The van der Waals surface area contributed by atoms with Crippen LogP contribution in [0, 0.1) is 0 Å². The molecule has 20 heavy (non-hydrogen) atoms. The Morgan fingerprint density at radius 3 is 2.60 bits per heavy atom. The van der Waals surface area contributed by atoms with Crippen molar-refractivity contribution >= 4 is 21.7 Å². The maximum atomic E-state index is 12.6. The molecule has 1 aliphatic heterocycles. The molecule has 1 aromatic heterocycles. The van der Waals surface area contributed by atoms with Crippen LogP contribution in [-0.2, 0) is 16.4 Å². The van der Waals surface area contributed by atoms with Gasteiger partial charge in [0.1, 0.15) is 4.90 Å². The summed E-state index contributed by atoms with van der Waals surface area (Å²) in [6.45, 7) is 0.454. The van der Waals surface area contributed by atoms with Gasteiger partial charge >= 0.3 is 0 Å². The van der Waals surface area contributed by atoms with E-state index in [4.69, 9.17) is 0 Å². The van der Waals surface area contributed by atoms with E-state index in [1.54, 1.807) is 7.05 Å². The third kappa shape index (κ3) is 2.00. The first kappa shape index (κ1) is 12.9. The number of benzene rings is 1. The zero-order chi connectivity index (χ0) is 14.2. The molecule has 1 aliphatic rings. The van der Waals surface area contributed by atoms with Crippen molar-refractivity contribution in [1.29, 1.82) is 0 Å². The lowest BCUT2D eigenvalue weighted by molar-refractivity contribution is 0.591. The number of hydrogen-bond acceptors (Lipinski definition) is 5. The fourth-order valence-corrected chi connectivity index (χ4v) is 3.66. The number of aromatic nitrogens is 2. The standard InChI is InChI=1S/C13H14N4O2S/c1-14-13-15-8-11(9-16-13)20(18,19)17-7-6-10-4-2-3-5-12(10)17/h2-5,8-9H,6-7H2,1H3,(H,14,15,16). The van der Waals surface area contributed by atoms with Gasteiger partial charge in [0.15, 0.2) is 0 Å². The Kier molecular flexibility index (Phi) is 3.06. The van der Waals surface area contributed by atoms with E-state index in [1.807, 2.05) is 24.3 Å². The number of hydrogen-bond donors (Lipinski definition) is 1. The first-order chi connectivity index (χ1) is 9.63. The van der Waals surface area contributed by atoms with Crippen LogP contribution in [-0.4, -0.2) is 32.0 Å². The lowest BCUT2D eigenvalue weighted by Crippen LogP contribution is -2.29. The van der Waals surface area contributed by atoms with E-state index in [9.17, 15) is 8.42 Å². The quantitative estimate of drug-likeness (QED) is 0.921. The second kappa shape index (κ2) is 4.75. The molecule has 0 saturated carbocycles. The normalized spacial score (nSPS) is 14.2. The van der Waals surface area contributed by atoms with Crippen molar-refractivity contribution < 1.29 is 8.42 Å². The van der Waals surface area contributed by atoms with Crippen LogP contribution in [0.1, 0.15) is 5.56 Å². The number of nitrogens with zero attached hydrogens (tertiary/aromatic N) is 3. The fraction of sp³-hybridized carbons (Fsp3) is 0.231. The summed E-state index contributed by atoms with van der Waals surface area (Å²) in [5.41, 5.74) is 1.79. The highest BCUT2D eigenvalue weighted by Crippen LogP contribution is 2.32. The van der Waals surface area contributed by atoms with E-state index < -0.39 is 10.0 Å². The van der Waals surface area contributed by atoms with Gasteiger partial charge in [-0.2, -0.15) is 0 Å². The van der Waals surface area contributed by atoms with Gasteiger partial charge in [0, 0.05) is 13.6 Å². The molecule has 1 aromatic carbocycles. The Hall–Kier alpha value is -2.15. The molecule has 3 rings (SSSR count). The van der Waals surface area contributed by atoms with Gasteiger partial charge in [0.2, 0.25) is 5.95 Å². The van der Waals surface area contributed by atoms with Crippen LogP contribution in [0.4, 0.5) is 11.6 Å². The molecule has 0 amide bonds. The van der Waals surface area contributed by atoms with Crippen molar-refractivity contribution in [3.05, 3.63) is 42.2 Å². The van der Waals surface area contributed by atoms with E-state index in [0.717, 1.165) is 17.7 Å². The molecule has 0 unspecified atom stereocenters. The van der Waals surface area contributed by atoms with Gasteiger partial charge in [-0.25, -0.2) is 18.4 Å². The van der Waals surface area contributed by atoms with Gasteiger partial charge in [-0.05, 0) is 18.1 Å². The molecule has 6 nitrogen and oxygen atoms in total. The molecule has 0 aliphatic carbocycles. The molecule has 1 N–H and O–H groups in total. The van der Waals surface area contributed by atoms with Crippen molar-refractivity contribution in [2.75, 3.05) is 23.2 Å². The molecule has 0 spiro atoms. The number of para-hydroxylation sites is 1. The maximum Gasteiger partial charge on any atom is 0.267 e. The lowest BCUT2D eigenvalue weighted by Gasteiger charge is -2.19. The van der Waals surface area contributed by atoms with Crippen molar-refractivity contribution in [1.82, 2.24) is 9.97 Å². The van der Waals surface area contributed by atoms with Crippen LogP contribution in [0.3, 0.4) is 0 Å². The molecule has 0 atom stereocenters. The Bertz CT molecular complexity index is 728.